The zero-order chi connectivity index (χ0) is 15.5. The summed E-state index contributed by atoms with van der Waals surface area (Å²) >= 11 is 0. The molecule has 126 valence electrons. The van der Waals surface area contributed by atoms with E-state index in [9.17, 15) is 8.42 Å². The Hall–Kier alpha value is -1.02. The average molecular weight is 351 g/mol. The Labute approximate surface area is 137 Å². The van der Waals surface area contributed by atoms with Crippen LogP contribution in [0.1, 0.15) is 25.7 Å². The molecule has 0 spiro atoms. The highest BCUT2D eigenvalue weighted by Gasteiger charge is 2.37. The summed E-state index contributed by atoms with van der Waals surface area (Å²) in [5.41, 5.74) is 5.26. The maximum Gasteiger partial charge on any atom is 0.241 e. The van der Waals surface area contributed by atoms with Crippen LogP contribution in [-0.4, -0.2) is 34.7 Å². The molecule has 1 aliphatic carbocycles. The summed E-state index contributed by atoms with van der Waals surface area (Å²) in [5.74, 6) is 0.874. The van der Waals surface area contributed by atoms with Gasteiger partial charge in [0.05, 0.1) is 19.1 Å². The van der Waals surface area contributed by atoms with Gasteiger partial charge in [-0.2, -0.15) is 0 Å². The summed E-state index contributed by atoms with van der Waals surface area (Å²) in [4.78, 5) is 0.153. The SMILES string of the molecule is COc1ccc(S(=O)(=O)NC2(CN)CCCC2)cc1OC.Cl. The van der Waals surface area contributed by atoms with Crippen molar-refractivity contribution in [1.29, 1.82) is 0 Å². The van der Waals surface area contributed by atoms with Crippen LogP contribution in [0.25, 0.3) is 0 Å². The lowest BCUT2D eigenvalue weighted by Crippen LogP contribution is -2.51. The zero-order valence-electron chi connectivity index (χ0n) is 12.8. The molecule has 2 rings (SSSR count). The highest BCUT2D eigenvalue weighted by Crippen LogP contribution is 2.33. The predicted molar refractivity (Wildman–Crippen MR) is 87.4 cm³/mol. The Morgan fingerprint density at radius 1 is 1.18 bits per heavy atom. The molecule has 1 aliphatic rings. The molecule has 0 aromatic heterocycles. The molecule has 1 aromatic rings. The molecule has 0 aliphatic heterocycles. The molecule has 6 nitrogen and oxygen atoms in total. The van der Waals surface area contributed by atoms with E-state index in [0.717, 1.165) is 25.7 Å². The third-order valence-corrected chi connectivity index (χ3v) is 5.54. The molecule has 0 bridgehead atoms. The van der Waals surface area contributed by atoms with Crippen LogP contribution in [0.5, 0.6) is 11.5 Å². The van der Waals surface area contributed by atoms with Crippen molar-refractivity contribution in [3.63, 3.8) is 0 Å². The predicted octanol–water partition coefficient (Wildman–Crippen LogP) is 1.68. The highest BCUT2D eigenvalue weighted by atomic mass is 35.5. The summed E-state index contributed by atoms with van der Waals surface area (Å²) < 4.78 is 38.2. The van der Waals surface area contributed by atoms with Crippen molar-refractivity contribution in [1.82, 2.24) is 4.72 Å². The minimum absolute atomic E-state index is 0. The molecule has 1 fully saturated rings. The Kier molecular flexibility index (Phi) is 6.49. The van der Waals surface area contributed by atoms with E-state index in [4.69, 9.17) is 15.2 Å². The van der Waals surface area contributed by atoms with Gasteiger partial charge in [-0.1, -0.05) is 12.8 Å². The first-order valence-electron chi connectivity index (χ1n) is 6.92. The number of hydrogen-bond acceptors (Lipinski definition) is 5. The van der Waals surface area contributed by atoms with Crippen molar-refractivity contribution in [2.45, 2.75) is 36.1 Å². The number of rotatable bonds is 6. The number of nitrogens with two attached hydrogens (primary N) is 1. The van der Waals surface area contributed by atoms with Gasteiger partial charge in [0.25, 0.3) is 0 Å². The molecule has 8 heteroatoms. The normalized spacial score (nSPS) is 16.9. The number of ether oxygens (including phenoxy) is 2. The third kappa shape index (κ3) is 3.84. The minimum Gasteiger partial charge on any atom is -0.493 e. The second-order valence-electron chi connectivity index (χ2n) is 5.31. The number of methoxy groups -OCH3 is 2. The lowest BCUT2D eigenvalue weighted by molar-refractivity contribution is 0.353. The second-order valence-corrected chi connectivity index (χ2v) is 7.00. The van der Waals surface area contributed by atoms with Gasteiger partial charge >= 0.3 is 0 Å². The van der Waals surface area contributed by atoms with E-state index in [0.29, 0.717) is 18.0 Å². The van der Waals surface area contributed by atoms with E-state index >= 15 is 0 Å². The Bertz CT molecular complexity index is 601. The van der Waals surface area contributed by atoms with Crippen LogP contribution in [0, 0.1) is 0 Å². The van der Waals surface area contributed by atoms with Crippen molar-refractivity contribution in [2.75, 3.05) is 20.8 Å². The number of halogens is 1. The Morgan fingerprint density at radius 3 is 2.27 bits per heavy atom. The van der Waals surface area contributed by atoms with E-state index in [1.165, 1.54) is 26.4 Å². The van der Waals surface area contributed by atoms with Gasteiger partial charge in [0.1, 0.15) is 0 Å². The van der Waals surface area contributed by atoms with Gasteiger partial charge in [0.2, 0.25) is 10.0 Å². The molecular weight excluding hydrogens is 328 g/mol. The summed E-state index contributed by atoms with van der Waals surface area (Å²) in [7, 11) is -0.659. The van der Waals surface area contributed by atoms with Crippen LogP contribution in [0.15, 0.2) is 23.1 Å². The fraction of sp³-hybridized carbons (Fsp3) is 0.571. The van der Waals surface area contributed by atoms with Crippen molar-refractivity contribution in [3.8, 4) is 11.5 Å². The van der Waals surface area contributed by atoms with E-state index < -0.39 is 15.6 Å². The van der Waals surface area contributed by atoms with Crippen LogP contribution in [0.4, 0.5) is 0 Å². The third-order valence-electron chi connectivity index (χ3n) is 3.97. The average Bonchev–Trinajstić information content (AvgIpc) is 2.94. The molecule has 0 radical (unpaired) electrons. The first-order chi connectivity index (χ1) is 9.96. The van der Waals surface area contributed by atoms with Crippen LogP contribution >= 0.6 is 12.4 Å². The second kappa shape index (κ2) is 7.50. The number of benzene rings is 1. The summed E-state index contributed by atoms with van der Waals surface area (Å²) in [6.07, 6.45) is 3.53. The Balaban J connectivity index is 0.00000242. The van der Waals surface area contributed by atoms with Gasteiger partial charge in [-0.3, -0.25) is 0 Å². The van der Waals surface area contributed by atoms with Crippen molar-refractivity contribution in [2.24, 2.45) is 5.73 Å². The fourth-order valence-electron chi connectivity index (χ4n) is 2.73. The van der Waals surface area contributed by atoms with Gasteiger partial charge in [0, 0.05) is 18.2 Å². The summed E-state index contributed by atoms with van der Waals surface area (Å²) in [5, 5.41) is 0. The monoisotopic (exact) mass is 350 g/mol. The molecule has 0 amide bonds. The van der Waals surface area contributed by atoms with E-state index in [2.05, 4.69) is 4.72 Å². The molecular formula is C14H23ClN2O4S. The van der Waals surface area contributed by atoms with E-state index in [1.807, 2.05) is 0 Å². The smallest absolute Gasteiger partial charge is 0.241 e. The zero-order valence-corrected chi connectivity index (χ0v) is 14.4. The van der Waals surface area contributed by atoms with Crippen LogP contribution < -0.4 is 19.9 Å². The van der Waals surface area contributed by atoms with Crippen molar-refractivity contribution >= 4 is 22.4 Å². The van der Waals surface area contributed by atoms with Crippen molar-refractivity contribution in [3.05, 3.63) is 18.2 Å². The first-order valence-corrected chi connectivity index (χ1v) is 8.41. The largest absolute Gasteiger partial charge is 0.493 e. The molecule has 0 unspecified atom stereocenters. The molecule has 0 atom stereocenters. The van der Waals surface area contributed by atoms with E-state index in [1.54, 1.807) is 6.07 Å². The lowest BCUT2D eigenvalue weighted by Gasteiger charge is -2.28. The highest BCUT2D eigenvalue weighted by molar-refractivity contribution is 7.89. The number of nitrogens with one attached hydrogen (secondary N) is 1. The molecule has 22 heavy (non-hydrogen) atoms. The molecule has 1 aromatic carbocycles. The quantitative estimate of drug-likeness (QED) is 0.814. The van der Waals surface area contributed by atoms with Gasteiger partial charge in [-0.15, -0.1) is 12.4 Å². The maximum absolute atomic E-state index is 12.6. The standard InChI is InChI=1S/C14H22N2O4S.ClH/c1-19-12-6-5-11(9-13(12)20-2)21(17,18)16-14(10-15)7-3-4-8-14;/h5-6,9,16H,3-4,7-8,10,15H2,1-2H3;1H. The fourth-order valence-corrected chi connectivity index (χ4v) is 4.21. The first kappa shape index (κ1) is 19.0. The van der Waals surface area contributed by atoms with Crippen LogP contribution in [-0.2, 0) is 10.0 Å². The van der Waals surface area contributed by atoms with Gasteiger partial charge in [-0.25, -0.2) is 13.1 Å². The lowest BCUT2D eigenvalue weighted by atomic mass is 10.0. The van der Waals surface area contributed by atoms with E-state index in [-0.39, 0.29) is 17.3 Å². The topological polar surface area (TPSA) is 90.7 Å². The molecule has 3 N–H and O–H groups in total. The van der Waals surface area contributed by atoms with Gasteiger partial charge in [0.15, 0.2) is 11.5 Å². The number of hydrogen-bond donors (Lipinski definition) is 2. The Morgan fingerprint density at radius 2 is 1.77 bits per heavy atom. The number of sulfonamides is 1. The summed E-state index contributed by atoms with van der Waals surface area (Å²) in [6.45, 7) is 0.305. The maximum atomic E-state index is 12.6. The molecule has 1 saturated carbocycles. The molecule has 0 saturated heterocycles. The van der Waals surface area contributed by atoms with Gasteiger partial charge in [-0.05, 0) is 25.0 Å². The summed E-state index contributed by atoms with van der Waals surface area (Å²) in [6, 6.07) is 4.54. The molecule has 0 heterocycles. The van der Waals surface area contributed by atoms with Crippen LogP contribution in [0.2, 0.25) is 0 Å². The van der Waals surface area contributed by atoms with Gasteiger partial charge < -0.3 is 15.2 Å². The minimum atomic E-state index is -3.64. The van der Waals surface area contributed by atoms with Crippen LogP contribution in [0.3, 0.4) is 0 Å². The van der Waals surface area contributed by atoms with Crippen molar-refractivity contribution < 1.29 is 17.9 Å².